The van der Waals surface area contributed by atoms with Gasteiger partial charge in [0.2, 0.25) is 5.75 Å². The number of ether oxygens (including phenoxy) is 4. The summed E-state index contributed by atoms with van der Waals surface area (Å²) in [5.41, 5.74) is 0.0841. The van der Waals surface area contributed by atoms with Crippen LogP contribution in [0.4, 0.5) is 4.79 Å². The van der Waals surface area contributed by atoms with Gasteiger partial charge in [-0.3, -0.25) is 0 Å². The van der Waals surface area contributed by atoms with Gasteiger partial charge in [-0.25, -0.2) is 9.59 Å². The van der Waals surface area contributed by atoms with Gasteiger partial charge in [-0.15, -0.1) is 0 Å². The number of aliphatic carboxylic acids is 1. The Kier molecular flexibility index (Phi) is 7.55. The fourth-order valence-electron chi connectivity index (χ4n) is 2.30. The zero-order valence-corrected chi connectivity index (χ0v) is 16.0. The van der Waals surface area contributed by atoms with Crippen molar-refractivity contribution in [3.8, 4) is 17.2 Å². The lowest BCUT2D eigenvalue weighted by Crippen LogP contribution is -2.43. The monoisotopic (exact) mass is 369 g/mol. The average Bonchev–Trinajstić information content (AvgIpc) is 2.55. The summed E-state index contributed by atoms with van der Waals surface area (Å²) in [5.74, 6) is 0.284. The molecule has 0 aliphatic carbocycles. The van der Waals surface area contributed by atoms with Crippen molar-refractivity contribution in [2.45, 2.75) is 45.3 Å². The molecule has 1 rings (SSSR count). The lowest BCUT2D eigenvalue weighted by atomic mass is 10.0. The maximum atomic E-state index is 11.8. The molecule has 1 atom stereocenters. The molecule has 146 valence electrons. The summed E-state index contributed by atoms with van der Waals surface area (Å²) < 4.78 is 20.9. The number of amides is 1. The van der Waals surface area contributed by atoms with Crippen molar-refractivity contribution in [3.05, 3.63) is 17.7 Å². The number of methoxy groups -OCH3 is 3. The SMILES string of the molecule is COc1cc(CCC(NC(=O)OC(C)(C)C)C(=O)O)cc(OC)c1OC. The number of carboxylic acid groups (broad SMARTS) is 1. The van der Waals surface area contributed by atoms with Gasteiger partial charge in [0, 0.05) is 0 Å². The van der Waals surface area contributed by atoms with E-state index in [9.17, 15) is 14.7 Å². The van der Waals surface area contributed by atoms with E-state index in [-0.39, 0.29) is 6.42 Å². The van der Waals surface area contributed by atoms with Crippen molar-refractivity contribution in [2.24, 2.45) is 0 Å². The van der Waals surface area contributed by atoms with Gasteiger partial charge in [-0.1, -0.05) is 0 Å². The molecule has 1 aromatic carbocycles. The predicted molar refractivity (Wildman–Crippen MR) is 95.2 cm³/mol. The number of carbonyl (C=O) groups is 2. The number of hydrogen-bond acceptors (Lipinski definition) is 6. The van der Waals surface area contributed by atoms with E-state index in [2.05, 4.69) is 5.32 Å². The van der Waals surface area contributed by atoms with E-state index in [4.69, 9.17) is 18.9 Å². The summed E-state index contributed by atoms with van der Waals surface area (Å²) in [5, 5.41) is 11.7. The highest BCUT2D eigenvalue weighted by Crippen LogP contribution is 2.38. The summed E-state index contributed by atoms with van der Waals surface area (Å²) in [6.45, 7) is 5.12. The molecule has 0 radical (unpaired) electrons. The van der Waals surface area contributed by atoms with Crippen LogP contribution in [0.3, 0.4) is 0 Å². The summed E-state index contributed by atoms with van der Waals surface area (Å²) in [6, 6.07) is 2.41. The first-order chi connectivity index (χ1) is 12.1. The number of nitrogens with one attached hydrogen (secondary N) is 1. The van der Waals surface area contributed by atoms with Gasteiger partial charge in [0.1, 0.15) is 11.6 Å². The zero-order chi connectivity index (χ0) is 19.9. The van der Waals surface area contributed by atoms with E-state index >= 15 is 0 Å². The lowest BCUT2D eigenvalue weighted by Gasteiger charge is -2.22. The van der Waals surface area contributed by atoms with Gasteiger partial charge in [0.05, 0.1) is 21.3 Å². The first kappa shape index (κ1) is 21.4. The second-order valence-corrected chi connectivity index (χ2v) is 6.61. The summed E-state index contributed by atoms with van der Waals surface area (Å²) in [4.78, 5) is 23.2. The molecule has 0 aliphatic heterocycles. The van der Waals surface area contributed by atoms with Crippen molar-refractivity contribution in [2.75, 3.05) is 21.3 Å². The van der Waals surface area contributed by atoms with Gasteiger partial charge in [0.25, 0.3) is 0 Å². The van der Waals surface area contributed by atoms with E-state index in [0.29, 0.717) is 23.7 Å². The molecular weight excluding hydrogens is 342 g/mol. The van der Waals surface area contributed by atoms with Crippen LogP contribution in [0.25, 0.3) is 0 Å². The van der Waals surface area contributed by atoms with Crippen molar-refractivity contribution in [3.63, 3.8) is 0 Å². The van der Waals surface area contributed by atoms with Crippen LogP contribution in [0.15, 0.2) is 12.1 Å². The number of rotatable bonds is 8. The highest BCUT2D eigenvalue weighted by atomic mass is 16.6. The zero-order valence-electron chi connectivity index (χ0n) is 16.0. The van der Waals surface area contributed by atoms with Crippen LogP contribution < -0.4 is 19.5 Å². The summed E-state index contributed by atoms with van der Waals surface area (Å²) >= 11 is 0. The van der Waals surface area contributed by atoms with Crippen LogP contribution in [0.2, 0.25) is 0 Å². The molecule has 1 aromatic rings. The number of carboxylic acids is 1. The molecule has 0 saturated heterocycles. The van der Waals surface area contributed by atoms with Crippen LogP contribution in [-0.2, 0) is 16.0 Å². The van der Waals surface area contributed by atoms with Crippen LogP contribution in [0.1, 0.15) is 32.8 Å². The minimum atomic E-state index is -1.14. The first-order valence-electron chi connectivity index (χ1n) is 8.12. The quantitative estimate of drug-likeness (QED) is 0.726. The second-order valence-electron chi connectivity index (χ2n) is 6.61. The van der Waals surface area contributed by atoms with Crippen molar-refractivity contribution in [1.29, 1.82) is 0 Å². The molecule has 26 heavy (non-hydrogen) atoms. The largest absolute Gasteiger partial charge is 0.493 e. The number of aryl methyl sites for hydroxylation is 1. The van der Waals surface area contributed by atoms with Crippen LogP contribution in [0.5, 0.6) is 17.2 Å². The molecule has 2 N–H and O–H groups in total. The molecule has 0 aliphatic rings. The fraction of sp³-hybridized carbons (Fsp3) is 0.556. The maximum absolute atomic E-state index is 11.8. The smallest absolute Gasteiger partial charge is 0.408 e. The molecule has 0 aromatic heterocycles. The van der Waals surface area contributed by atoms with Crippen LogP contribution >= 0.6 is 0 Å². The Balaban J connectivity index is 2.86. The molecule has 0 spiro atoms. The maximum Gasteiger partial charge on any atom is 0.408 e. The van der Waals surface area contributed by atoms with E-state index in [1.807, 2.05) is 0 Å². The Morgan fingerprint density at radius 2 is 1.62 bits per heavy atom. The first-order valence-corrected chi connectivity index (χ1v) is 8.12. The number of benzene rings is 1. The second kappa shape index (κ2) is 9.17. The van der Waals surface area contributed by atoms with E-state index in [1.54, 1.807) is 32.9 Å². The molecule has 1 unspecified atom stereocenters. The molecule has 8 heteroatoms. The van der Waals surface area contributed by atoms with E-state index < -0.39 is 23.7 Å². The minimum Gasteiger partial charge on any atom is -0.493 e. The van der Waals surface area contributed by atoms with Crippen molar-refractivity contribution < 1.29 is 33.6 Å². The van der Waals surface area contributed by atoms with Gasteiger partial charge in [0.15, 0.2) is 11.5 Å². The standard InChI is InChI=1S/C18H27NO7/c1-18(2,3)26-17(22)19-12(16(20)21)8-7-11-9-13(23-4)15(25-6)14(10-11)24-5/h9-10,12H,7-8H2,1-6H3,(H,19,22)(H,20,21). The Bertz CT molecular complexity index is 612. The van der Waals surface area contributed by atoms with E-state index in [1.165, 1.54) is 21.3 Å². The van der Waals surface area contributed by atoms with Gasteiger partial charge < -0.3 is 29.4 Å². The Morgan fingerprint density at radius 1 is 1.08 bits per heavy atom. The average molecular weight is 369 g/mol. The number of hydrogen-bond donors (Lipinski definition) is 2. The van der Waals surface area contributed by atoms with Crippen LogP contribution in [0, 0.1) is 0 Å². The highest BCUT2D eigenvalue weighted by Gasteiger charge is 2.24. The molecule has 1 amide bonds. The topological polar surface area (TPSA) is 103 Å². The Labute approximate surface area is 153 Å². The lowest BCUT2D eigenvalue weighted by molar-refractivity contribution is -0.139. The number of alkyl carbamates (subject to hydrolysis) is 1. The molecule has 8 nitrogen and oxygen atoms in total. The Hall–Kier alpha value is -2.64. The predicted octanol–water partition coefficient (Wildman–Crippen LogP) is 2.62. The molecule has 0 bridgehead atoms. The Morgan fingerprint density at radius 3 is 2.00 bits per heavy atom. The molecule has 0 saturated carbocycles. The highest BCUT2D eigenvalue weighted by molar-refractivity contribution is 5.80. The summed E-state index contributed by atoms with van der Waals surface area (Å²) in [6.07, 6.45) is -0.216. The third-order valence-electron chi connectivity index (χ3n) is 3.44. The van der Waals surface area contributed by atoms with Gasteiger partial charge in [-0.2, -0.15) is 0 Å². The molecule has 0 fully saturated rings. The van der Waals surface area contributed by atoms with Crippen LogP contribution in [-0.4, -0.2) is 50.1 Å². The normalized spacial score (nSPS) is 12.1. The summed E-state index contributed by atoms with van der Waals surface area (Å²) in [7, 11) is 4.52. The van der Waals surface area contributed by atoms with E-state index in [0.717, 1.165) is 5.56 Å². The van der Waals surface area contributed by atoms with Crippen molar-refractivity contribution in [1.82, 2.24) is 5.32 Å². The third-order valence-corrected chi connectivity index (χ3v) is 3.44. The van der Waals surface area contributed by atoms with Gasteiger partial charge in [-0.05, 0) is 51.3 Å². The fourth-order valence-corrected chi connectivity index (χ4v) is 2.30. The van der Waals surface area contributed by atoms with Gasteiger partial charge >= 0.3 is 12.1 Å². The molecule has 0 heterocycles. The third kappa shape index (κ3) is 6.34. The van der Waals surface area contributed by atoms with Crippen molar-refractivity contribution >= 4 is 12.1 Å². The number of carbonyl (C=O) groups excluding carboxylic acids is 1. The molecular formula is C18H27NO7. The minimum absolute atomic E-state index is 0.174.